The number of rotatable bonds is 7. The van der Waals surface area contributed by atoms with Crippen LogP contribution in [0.4, 0.5) is 17.6 Å². The Labute approximate surface area is 215 Å². The number of nitrogens with zero attached hydrogens (tertiary/aromatic N) is 3. The van der Waals surface area contributed by atoms with E-state index in [0.29, 0.717) is 16.6 Å². The molecule has 5 rings (SSSR count). The number of hydrogen-bond acceptors (Lipinski definition) is 4. The highest BCUT2D eigenvalue weighted by molar-refractivity contribution is 6.31. The number of halogens is 5. The molecule has 4 aromatic rings. The molecule has 0 spiro atoms. The van der Waals surface area contributed by atoms with Crippen LogP contribution in [-0.4, -0.2) is 44.2 Å². The Bertz CT molecular complexity index is 1420. The summed E-state index contributed by atoms with van der Waals surface area (Å²) in [6, 6.07) is 3.93. The van der Waals surface area contributed by atoms with E-state index in [9.17, 15) is 22.7 Å². The molecule has 0 aliphatic heterocycles. The molecule has 1 aromatic carbocycles. The van der Waals surface area contributed by atoms with Gasteiger partial charge in [0.15, 0.2) is 0 Å². The van der Waals surface area contributed by atoms with Crippen LogP contribution in [0.1, 0.15) is 54.5 Å². The SMILES string of the molecule is Cc1c(-c2cnc3[nH]cc([C@H](CF)c4c(OC(F)F)ccc(F)c4Cl)c3c2)cnn1C1CCC(O)CC1. The first-order chi connectivity index (χ1) is 17.8. The third-order valence-electron chi connectivity index (χ3n) is 7.12. The average Bonchev–Trinajstić information content (AvgIpc) is 3.47. The van der Waals surface area contributed by atoms with Gasteiger partial charge in [0.2, 0.25) is 0 Å². The number of fused-ring (bicyclic) bond motifs is 1. The molecule has 37 heavy (non-hydrogen) atoms. The quantitative estimate of drug-likeness (QED) is 0.257. The van der Waals surface area contributed by atoms with Crippen molar-refractivity contribution in [3.05, 3.63) is 64.5 Å². The van der Waals surface area contributed by atoms with Crippen molar-refractivity contribution in [3.63, 3.8) is 0 Å². The van der Waals surface area contributed by atoms with E-state index in [4.69, 9.17) is 11.6 Å². The summed E-state index contributed by atoms with van der Waals surface area (Å²) in [6.45, 7) is -2.27. The summed E-state index contributed by atoms with van der Waals surface area (Å²) in [6.07, 6.45) is 7.78. The molecule has 3 heterocycles. The number of H-pyrrole nitrogens is 1. The Morgan fingerprint density at radius 2 is 1.97 bits per heavy atom. The van der Waals surface area contributed by atoms with Crippen molar-refractivity contribution in [1.29, 1.82) is 0 Å². The van der Waals surface area contributed by atoms with E-state index in [1.807, 2.05) is 17.7 Å². The standard InChI is InChI=1S/C26H25ClF4N4O2/c1-13-19(12-34-35(13)15-2-4-16(36)5-3-15)14-8-17-20(11-33-25(17)32-10-14)18(9-28)23-22(37-26(30)31)7-6-21(29)24(23)27/h6-8,10-12,15-16,18,26,36H,2-5,9H2,1H3,(H,32,33)/t15?,16?,18-/m0/s1. The van der Waals surface area contributed by atoms with Gasteiger partial charge >= 0.3 is 6.61 Å². The normalized spacial score (nSPS) is 19.0. The Morgan fingerprint density at radius 3 is 2.68 bits per heavy atom. The van der Waals surface area contributed by atoms with Crippen molar-refractivity contribution in [2.75, 3.05) is 6.67 Å². The number of hydrogen-bond donors (Lipinski definition) is 2. The van der Waals surface area contributed by atoms with E-state index in [-0.39, 0.29) is 17.7 Å². The Hall–Kier alpha value is -3.11. The highest BCUT2D eigenvalue weighted by atomic mass is 35.5. The predicted octanol–water partition coefficient (Wildman–Crippen LogP) is 6.71. The fourth-order valence-corrected chi connectivity index (χ4v) is 5.51. The summed E-state index contributed by atoms with van der Waals surface area (Å²) in [7, 11) is 0. The van der Waals surface area contributed by atoms with Gasteiger partial charge in [0.1, 0.15) is 23.9 Å². The number of ether oxygens (including phenoxy) is 1. The molecule has 0 unspecified atom stereocenters. The molecule has 0 bridgehead atoms. The molecule has 0 radical (unpaired) electrons. The van der Waals surface area contributed by atoms with Gasteiger partial charge in [0.05, 0.1) is 23.4 Å². The lowest BCUT2D eigenvalue weighted by molar-refractivity contribution is -0.0506. The van der Waals surface area contributed by atoms with E-state index in [1.165, 1.54) is 6.20 Å². The Kier molecular flexibility index (Phi) is 7.13. The minimum Gasteiger partial charge on any atom is -0.434 e. The van der Waals surface area contributed by atoms with Crippen LogP contribution in [0.2, 0.25) is 5.02 Å². The van der Waals surface area contributed by atoms with Gasteiger partial charge < -0.3 is 14.8 Å². The summed E-state index contributed by atoms with van der Waals surface area (Å²) in [5.74, 6) is -2.44. The van der Waals surface area contributed by atoms with Crippen LogP contribution < -0.4 is 4.74 Å². The zero-order chi connectivity index (χ0) is 26.3. The van der Waals surface area contributed by atoms with Gasteiger partial charge in [-0.1, -0.05) is 11.6 Å². The first-order valence-electron chi connectivity index (χ1n) is 12.0. The van der Waals surface area contributed by atoms with Gasteiger partial charge in [-0.05, 0) is 56.4 Å². The second kappa shape index (κ2) is 10.3. The second-order valence-electron chi connectivity index (χ2n) is 9.27. The molecule has 1 aliphatic rings. The van der Waals surface area contributed by atoms with Gasteiger partial charge in [-0.2, -0.15) is 13.9 Å². The van der Waals surface area contributed by atoms with E-state index >= 15 is 0 Å². The molecule has 1 atom stereocenters. The van der Waals surface area contributed by atoms with Gasteiger partial charge in [-0.15, -0.1) is 0 Å². The monoisotopic (exact) mass is 536 g/mol. The molecule has 196 valence electrons. The Balaban J connectivity index is 1.56. The number of aromatic nitrogens is 4. The maximum absolute atomic E-state index is 14.5. The summed E-state index contributed by atoms with van der Waals surface area (Å²) in [5.41, 5.74) is 3.15. The van der Waals surface area contributed by atoms with Crippen molar-refractivity contribution >= 4 is 22.6 Å². The fraction of sp³-hybridized carbons (Fsp3) is 0.385. The van der Waals surface area contributed by atoms with Crippen LogP contribution >= 0.6 is 11.6 Å². The molecule has 11 heteroatoms. The van der Waals surface area contributed by atoms with Crippen LogP contribution in [0.25, 0.3) is 22.2 Å². The van der Waals surface area contributed by atoms with E-state index in [0.717, 1.165) is 54.6 Å². The molecule has 1 fully saturated rings. The minimum atomic E-state index is -3.19. The number of nitrogens with one attached hydrogen (secondary N) is 1. The zero-order valence-electron chi connectivity index (χ0n) is 19.9. The lowest BCUT2D eigenvalue weighted by Gasteiger charge is -2.26. The van der Waals surface area contributed by atoms with Gasteiger partial charge in [0.25, 0.3) is 0 Å². The molecule has 1 saturated carbocycles. The lowest BCUT2D eigenvalue weighted by atomic mass is 9.91. The second-order valence-corrected chi connectivity index (χ2v) is 9.65. The molecule has 3 aromatic heterocycles. The molecule has 1 aliphatic carbocycles. The predicted molar refractivity (Wildman–Crippen MR) is 131 cm³/mol. The first-order valence-corrected chi connectivity index (χ1v) is 12.3. The summed E-state index contributed by atoms with van der Waals surface area (Å²) < 4.78 is 61.4. The summed E-state index contributed by atoms with van der Waals surface area (Å²) >= 11 is 6.14. The smallest absolute Gasteiger partial charge is 0.387 e. The van der Waals surface area contributed by atoms with Crippen molar-refractivity contribution in [2.24, 2.45) is 0 Å². The number of aliphatic hydroxyl groups excluding tert-OH is 1. The largest absolute Gasteiger partial charge is 0.434 e. The number of aromatic amines is 1. The number of alkyl halides is 3. The Morgan fingerprint density at radius 1 is 1.22 bits per heavy atom. The summed E-state index contributed by atoms with van der Waals surface area (Å²) in [5, 5.41) is 14.5. The molecule has 0 saturated heterocycles. The van der Waals surface area contributed by atoms with Crippen LogP contribution in [-0.2, 0) is 0 Å². The molecule has 2 N–H and O–H groups in total. The first kappa shape index (κ1) is 25.5. The van der Waals surface area contributed by atoms with E-state index in [2.05, 4.69) is 19.8 Å². The van der Waals surface area contributed by atoms with Crippen LogP contribution in [0.5, 0.6) is 5.75 Å². The fourth-order valence-electron chi connectivity index (χ4n) is 5.22. The summed E-state index contributed by atoms with van der Waals surface area (Å²) in [4.78, 5) is 7.44. The van der Waals surface area contributed by atoms with Crippen LogP contribution in [0.3, 0.4) is 0 Å². The molecular weight excluding hydrogens is 512 g/mol. The minimum absolute atomic E-state index is 0.191. The van der Waals surface area contributed by atoms with Crippen molar-refractivity contribution in [1.82, 2.24) is 19.7 Å². The maximum atomic E-state index is 14.5. The van der Waals surface area contributed by atoms with Gasteiger partial charge in [0, 0.05) is 46.1 Å². The van der Waals surface area contributed by atoms with Crippen molar-refractivity contribution < 1.29 is 27.4 Å². The average molecular weight is 537 g/mol. The maximum Gasteiger partial charge on any atom is 0.387 e. The topological polar surface area (TPSA) is 76.0 Å². The highest BCUT2D eigenvalue weighted by Gasteiger charge is 2.28. The molecular formula is C26H25ClF4N4O2. The number of pyridine rings is 1. The van der Waals surface area contributed by atoms with Crippen molar-refractivity contribution in [2.45, 2.75) is 57.3 Å². The van der Waals surface area contributed by atoms with Crippen molar-refractivity contribution in [3.8, 4) is 16.9 Å². The number of benzene rings is 1. The van der Waals surface area contributed by atoms with E-state index in [1.54, 1.807) is 12.4 Å². The highest BCUT2D eigenvalue weighted by Crippen LogP contribution is 2.42. The molecule has 6 nitrogen and oxygen atoms in total. The third-order valence-corrected chi connectivity index (χ3v) is 7.50. The van der Waals surface area contributed by atoms with Gasteiger partial charge in [-0.25, -0.2) is 9.37 Å². The van der Waals surface area contributed by atoms with E-state index < -0.39 is 35.8 Å². The number of aliphatic hydroxyl groups is 1. The third kappa shape index (κ3) is 4.80. The zero-order valence-corrected chi connectivity index (χ0v) is 20.7. The van der Waals surface area contributed by atoms with Crippen LogP contribution in [0.15, 0.2) is 36.8 Å². The van der Waals surface area contributed by atoms with Gasteiger partial charge in [-0.3, -0.25) is 9.07 Å². The molecule has 0 amide bonds. The van der Waals surface area contributed by atoms with Crippen LogP contribution in [0, 0.1) is 12.7 Å². The lowest BCUT2D eigenvalue weighted by Crippen LogP contribution is -2.22.